The van der Waals surface area contributed by atoms with E-state index in [-0.39, 0.29) is 23.6 Å². The molecule has 0 saturated heterocycles. The van der Waals surface area contributed by atoms with Gasteiger partial charge in [-0.2, -0.15) is 0 Å². The number of nitrogens with one attached hydrogen (secondary N) is 1. The van der Waals surface area contributed by atoms with Gasteiger partial charge in [0, 0.05) is 17.3 Å². The van der Waals surface area contributed by atoms with Crippen molar-refractivity contribution in [3.8, 4) is 11.6 Å². The number of benzene rings is 1. The van der Waals surface area contributed by atoms with Crippen LogP contribution in [0.4, 0.5) is 5.13 Å². The Hall–Kier alpha value is -2.72. The zero-order valence-electron chi connectivity index (χ0n) is 17.1. The van der Waals surface area contributed by atoms with E-state index in [0.29, 0.717) is 21.9 Å². The van der Waals surface area contributed by atoms with Crippen molar-refractivity contribution in [1.29, 1.82) is 0 Å². The number of carbonyl (C=O) groups excluding carboxylic acids is 1. The minimum absolute atomic E-state index is 0.102. The zero-order chi connectivity index (χ0) is 21.3. The van der Waals surface area contributed by atoms with Crippen molar-refractivity contribution in [2.45, 2.75) is 44.8 Å². The molecule has 3 heterocycles. The highest BCUT2D eigenvalue weighted by Gasteiger charge is 2.21. The van der Waals surface area contributed by atoms with E-state index in [1.807, 2.05) is 62.6 Å². The quantitative estimate of drug-likeness (QED) is 0.403. The van der Waals surface area contributed by atoms with Gasteiger partial charge in [-0.05, 0) is 26.0 Å². The molecule has 0 aliphatic rings. The summed E-state index contributed by atoms with van der Waals surface area (Å²) >= 11 is 2.72. The molecular formula is C20H22N6O2S2. The Kier molecular flexibility index (Phi) is 5.87. The fraction of sp³-hybridized carbons (Fsp3) is 0.350. The Labute approximate surface area is 182 Å². The van der Waals surface area contributed by atoms with Gasteiger partial charge in [-0.3, -0.25) is 14.7 Å². The topological polar surface area (TPSA) is 98.7 Å². The molecule has 8 nitrogen and oxygen atoms in total. The van der Waals surface area contributed by atoms with Crippen molar-refractivity contribution in [2.24, 2.45) is 0 Å². The number of amides is 1. The Morgan fingerprint density at radius 3 is 2.67 bits per heavy atom. The molecule has 0 bridgehead atoms. The summed E-state index contributed by atoms with van der Waals surface area (Å²) in [5, 5.41) is 22.6. The molecule has 1 aromatic carbocycles. The van der Waals surface area contributed by atoms with Crippen LogP contribution in [0.15, 0.2) is 39.9 Å². The molecule has 0 atom stereocenters. The molecule has 1 N–H and O–H groups in total. The summed E-state index contributed by atoms with van der Waals surface area (Å²) in [6.45, 7) is 8.18. The van der Waals surface area contributed by atoms with Crippen molar-refractivity contribution in [2.75, 3.05) is 11.1 Å². The second kappa shape index (κ2) is 8.57. The highest BCUT2D eigenvalue weighted by Crippen LogP contribution is 2.31. The summed E-state index contributed by atoms with van der Waals surface area (Å²) in [4.78, 5) is 12.4. The second-order valence-electron chi connectivity index (χ2n) is 7.36. The highest BCUT2D eigenvalue weighted by atomic mass is 32.2. The second-order valence-corrected chi connectivity index (χ2v) is 9.31. The number of furan rings is 1. The molecule has 0 fully saturated rings. The van der Waals surface area contributed by atoms with E-state index in [2.05, 4.69) is 25.7 Å². The lowest BCUT2D eigenvalue weighted by atomic mass is 10.2. The largest absolute Gasteiger partial charge is 0.453 e. The first-order valence-electron chi connectivity index (χ1n) is 9.62. The van der Waals surface area contributed by atoms with Crippen LogP contribution in [0, 0.1) is 0 Å². The van der Waals surface area contributed by atoms with E-state index >= 15 is 0 Å². The van der Waals surface area contributed by atoms with Gasteiger partial charge >= 0.3 is 0 Å². The lowest BCUT2D eigenvalue weighted by Gasteiger charge is -2.12. The van der Waals surface area contributed by atoms with Crippen LogP contribution in [-0.4, -0.2) is 36.6 Å². The zero-order valence-corrected chi connectivity index (χ0v) is 18.8. The summed E-state index contributed by atoms with van der Waals surface area (Å²) in [6, 6.07) is 9.89. The minimum Gasteiger partial charge on any atom is -0.453 e. The molecule has 0 spiro atoms. The standard InChI is InChI=1S/C20H22N6O2S2/c1-11(2)18-23-24-19(30-18)21-16(27)10-29-20-25-22-17(26(20)12(3)4)15-9-13-7-5-6-8-14(13)28-15/h5-9,11-12H,10H2,1-4H3,(H,21,24,27). The van der Waals surface area contributed by atoms with Crippen molar-refractivity contribution < 1.29 is 9.21 Å². The molecule has 0 unspecified atom stereocenters. The van der Waals surface area contributed by atoms with Crippen LogP contribution in [0.3, 0.4) is 0 Å². The van der Waals surface area contributed by atoms with Crippen LogP contribution >= 0.6 is 23.1 Å². The van der Waals surface area contributed by atoms with Crippen molar-refractivity contribution in [3.63, 3.8) is 0 Å². The molecule has 0 aliphatic heterocycles. The first-order valence-corrected chi connectivity index (χ1v) is 11.4. The molecule has 156 valence electrons. The summed E-state index contributed by atoms with van der Waals surface area (Å²) in [5.41, 5.74) is 0.803. The fourth-order valence-corrected chi connectivity index (χ4v) is 4.53. The fourth-order valence-electron chi connectivity index (χ4n) is 2.90. The number of para-hydroxylation sites is 1. The Balaban J connectivity index is 1.49. The van der Waals surface area contributed by atoms with Gasteiger partial charge in [0.1, 0.15) is 10.6 Å². The molecule has 10 heteroatoms. The summed E-state index contributed by atoms with van der Waals surface area (Å²) in [5.74, 6) is 1.62. The number of nitrogens with zero attached hydrogens (tertiary/aromatic N) is 5. The van der Waals surface area contributed by atoms with Crippen LogP contribution in [0.1, 0.15) is 44.7 Å². The third-order valence-corrected chi connectivity index (χ3v) is 6.42. The smallest absolute Gasteiger partial charge is 0.236 e. The van der Waals surface area contributed by atoms with Gasteiger partial charge < -0.3 is 4.42 Å². The minimum atomic E-state index is -0.157. The summed E-state index contributed by atoms with van der Waals surface area (Å²) < 4.78 is 7.94. The molecule has 4 aromatic rings. The van der Waals surface area contributed by atoms with E-state index < -0.39 is 0 Å². The van der Waals surface area contributed by atoms with Crippen LogP contribution in [0.25, 0.3) is 22.6 Å². The third-order valence-electron chi connectivity index (χ3n) is 4.34. The number of fused-ring (bicyclic) bond motifs is 1. The maximum absolute atomic E-state index is 12.4. The van der Waals surface area contributed by atoms with Gasteiger partial charge in [0.2, 0.25) is 16.9 Å². The molecule has 30 heavy (non-hydrogen) atoms. The van der Waals surface area contributed by atoms with Crippen LogP contribution in [-0.2, 0) is 4.79 Å². The maximum Gasteiger partial charge on any atom is 0.236 e. The first-order chi connectivity index (χ1) is 14.4. The van der Waals surface area contributed by atoms with E-state index in [1.165, 1.54) is 23.1 Å². The highest BCUT2D eigenvalue weighted by molar-refractivity contribution is 7.99. The number of thioether (sulfide) groups is 1. The van der Waals surface area contributed by atoms with E-state index in [9.17, 15) is 4.79 Å². The van der Waals surface area contributed by atoms with Gasteiger partial charge in [-0.25, -0.2) is 0 Å². The van der Waals surface area contributed by atoms with Gasteiger partial charge in [0.05, 0.1) is 5.75 Å². The summed E-state index contributed by atoms with van der Waals surface area (Å²) in [6.07, 6.45) is 0. The maximum atomic E-state index is 12.4. The average molecular weight is 443 g/mol. The molecule has 0 saturated carbocycles. The normalized spacial score (nSPS) is 11.7. The van der Waals surface area contributed by atoms with Gasteiger partial charge in [0.15, 0.2) is 10.9 Å². The number of carbonyl (C=O) groups is 1. The number of hydrogen-bond donors (Lipinski definition) is 1. The van der Waals surface area contributed by atoms with Crippen molar-refractivity contribution >= 4 is 45.1 Å². The molecule has 3 aromatic heterocycles. The predicted molar refractivity (Wildman–Crippen MR) is 119 cm³/mol. The van der Waals surface area contributed by atoms with Gasteiger partial charge in [0.25, 0.3) is 0 Å². The first kappa shape index (κ1) is 20.5. The number of hydrogen-bond acceptors (Lipinski definition) is 8. The van der Waals surface area contributed by atoms with Crippen LogP contribution < -0.4 is 5.32 Å². The predicted octanol–water partition coefficient (Wildman–Crippen LogP) is 4.98. The monoisotopic (exact) mass is 442 g/mol. The summed E-state index contributed by atoms with van der Waals surface area (Å²) in [7, 11) is 0. The van der Waals surface area contributed by atoms with Gasteiger partial charge in [-0.15, -0.1) is 20.4 Å². The van der Waals surface area contributed by atoms with Crippen molar-refractivity contribution in [3.05, 3.63) is 35.3 Å². The molecular weight excluding hydrogens is 420 g/mol. The Morgan fingerprint density at radius 2 is 1.97 bits per heavy atom. The Morgan fingerprint density at radius 1 is 1.17 bits per heavy atom. The average Bonchev–Trinajstić information content (AvgIpc) is 3.43. The van der Waals surface area contributed by atoms with Crippen LogP contribution in [0.2, 0.25) is 0 Å². The SMILES string of the molecule is CC(C)c1nnc(NC(=O)CSc2nnc(-c3cc4ccccc4o3)n2C(C)C)s1. The lowest BCUT2D eigenvalue weighted by molar-refractivity contribution is -0.113. The molecule has 4 rings (SSSR count). The van der Waals surface area contributed by atoms with Crippen molar-refractivity contribution in [1.82, 2.24) is 25.0 Å². The third kappa shape index (κ3) is 4.24. The van der Waals surface area contributed by atoms with Gasteiger partial charge in [-0.1, -0.05) is 55.1 Å². The molecule has 0 aliphatic carbocycles. The number of anilines is 1. The molecule has 0 radical (unpaired) electrons. The van der Waals surface area contributed by atoms with E-state index in [4.69, 9.17) is 4.42 Å². The molecule has 1 amide bonds. The Bertz CT molecular complexity index is 1140. The number of rotatable bonds is 7. The van der Waals surface area contributed by atoms with E-state index in [0.717, 1.165) is 16.0 Å². The van der Waals surface area contributed by atoms with E-state index in [1.54, 1.807) is 0 Å². The van der Waals surface area contributed by atoms with Crippen LogP contribution in [0.5, 0.6) is 0 Å². The lowest BCUT2D eigenvalue weighted by Crippen LogP contribution is -2.15. The number of aromatic nitrogens is 5.